The van der Waals surface area contributed by atoms with Crippen LogP contribution >= 0.6 is 8.15 Å². The number of carbonyl (C=O) groups excluding carboxylic acids is 2. The van der Waals surface area contributed by atoms with Crippen LogP contribution < -0.4 is 5.32 Å². The first-order valence-corrected chi connectivity index (χ1v) is 9.57. The van der Waals surface area contributed by atoms with Gasteiger partial charge in [-0.25, -0.2) is 9.59 Å². The fourth-order valence-corrected chi connectivity index (χ4v) is 3.93. The van der Waals surface area contributed by atoms with Gasteiger partial charge in [-0.2, -0.15) is 0 Å². The number of hydrogen-bond acceptors (Lipinski definition) is 5. The molecule has 0 bridgehead atoms. The van der Waals surface area contributed by atoms with Crippen LogP contribution in [0.2, 0.25) is 0 Å². The topological polar surface area (TPSA) is 73.9 Å². The van der Waals surface area contributed by atoms with Crippen molar-refractivity contribution in [2.75, 3.05) is 13.8 Å². The second kappa shape index (κ2) is 10.3. The van der Waals surface area contributed by atoms with Crippen LogP contribution in [0.25, 0.3) is 0 Å². The summed E-state index contributed by atoms with van der Waals surface area (Å²) in [4.78, 5) is 23.5. The normalized spacial score (nSPS) is 14.6. The first kappa shape index (κ1) is 20.4. The van der Waals surface area contributed by atoms with Crippen molar-refractivity contribution < 1.29 is 23.6 Å². The minimum absolute atomic E-state index is 0.134. The lowest BCUT2D eigenvalue weighted by molar-refractivity contribution is -0.147. The molecule has 0 saturated carbocycles. The number of amides is 1. The molecule has 3 atom stereocenters. The third-order valence-electron chi connectivity index (χ3n) is 3.36. The zero-order valence-electron chi connectivity index (χ0n) is 14.8. The molecule has 0 aliphatic carbocycles. The van der Waals surface area contributed by atoms with Gasteiger partial charge in [-0.1, -0.05) is 44.2 Å². The van der Waals surface area contributed by atoms with E-state index in [9.17, 15) is 9.59 Å². The lowest BCUT2D eigenvalue weighted by Crippen LogP contribution is -2.38. The Labute approximate surface area is 144 Å². The molecule has 7 heteroatoms. The molecule has 134 valence electrons. The molecule has 0 aromatic heterocycles. The summed E-state index contributed by atoms with van der Waals surface area (Å²) in [7, 11) is 0.247. The standard InChI is InChI=1S/C17H26NO5P/c1-12(2)15(24(5)23-13(3)16(19)21-4)18-17(20)22-11-14-9-7-6-8-10-14/h6-10,12-13,15H,11H2,1-5H3,(H,18,20). The van der Waals surface area contributed by atoms with Crippen LogP contribution in [-0.2, 0) is 25.4 Å². The van der Waals surface area contributed by atoms with Gasteiger partial charge in [0.1, 0.15) is 6.61 Å². The number of rotatable bonds is 8. The first-order valence-electron chi connectivity index (χ1n) is 7.79. The second-order valence-corrected chi connectivity index (χ2v) is 7.57. The molecule has 1 aromatic carbocycles. The zero-order chi connectivity index (χ0) is 18.1. The number of methoxy groups -OCH3 is 1. The maximum atomic E-state index is 12.0. The molecule has 1 N–H and O–H groups in total. The van der Waals surface area contributed by atoms with E-state index in [0.717, 1.165) is 5.56 Å². The monoisotopic (exact) mass is 355 g/mol. The Kier molecular flexibility index (Phi) is 8.72. The van der Waals surface area contributed by atoms with Gasteiger partial charge < -0.3 is 19.3 Å². The Hall–Kier alpha value is -1.65. The van der Waals surface area contributed by atoms with Crippen molar-refractivity contribution in [3.8, 4) is 0 Å². The van der Waals surface area contributed by atoms with Gasteiger partial charge in [-0.3, -0.25) is 0 Å². The summed E-state index contributed by atoms with van der Waals surface area (Å²) in [6.07, 6.45) is -1.17. The van der Waals surface area contributed by atoms with E-state index in [2.05, 4.69) is 10.1 Å². The lowest BCUT2D eigenvalue weighted by Gasteiger charge is -2.29. The van der Waals surface area contributed by atoms with Gasteiger partial charge >= 0.3 is 12.1 Å². The molecule has 0 fully saturated rings. The quantitative estimate of drug-likeness (QED) is 0.571. The molecule has 0 heterocycles. The van der Waals surface area contributed by atoms with Gasteiger partial charge in [-0.15, -0.1) is 0 Å². The molecule has 0 saturated heterocycles. The van der Waals surface area contributed by atoms with Crippen molar-refractivity contribution in [3.05, 3.63) is 35.9 Å². The molecule has 24 heavy (non-hydrogen) atoms. The van der Waals surface area contributed by atoms with Gasteiger partial charge in [0.25, 0.3) is 0 Å². The van der Waals surface area contributed by atoms with E-state index in [4.69, 9.17) is 9.26 Å². The summed E-state index contributed by atoms with van der Waals surface area (Å²) >= 11 is 0. The fourth-order valence-electron chi connectivity index (χ4n) is 2.09. The summed E-state index contributed by atoms with van der Waals surface area (Å²) < 4.78 is 15.6. The van der Waals surface area contributed by atoms with E-state index >= 15 is 0 Å². The van der Waals surface area contributed by atoms with Crippen molar-refractivity contribution >= 4 is 20.2 Å². The summed E-state index contributed by atoms with van der Waals surface area (Å²) in [5.74, 6) is -0.524. The highest BCUT2D eigenvalue weighted by Gasteiger charge is 2.28. The number of esters is 1. The highest BCUT2D eigenvalue weighted by molar-refractivity contribution is 7.52. The number of hydrogen-bond donors (Lipinski definition) is 1. The van der Waals surface area contributed by atoms with Crippen LogP contribution in [0.4, 0.5) is 4.79 Å². The van der Waals surface area contributed by atoms with E-state index in [1.165, 1.54) is 7.11 Å². The van der Waals surface area contributed by atoms with E-state index in [1.54, 1.807) is 6.92 Å². The molecular formula is C17H26NO5P. The predicted molar refractivity (Wildman–Crippen MR) is 93.8 cm³/mol. The van der Waals surface area contributed by atoms with E-state index in [-0.39, 0.29) is 18.3 Å². The molecule has 3 unspecified atom stereocenters. The zero-order valence-corrected chi connectivity index (χ0v) is 15.7. The minimum Gasteiger partial charge on any atom is -0.467 e. The maximum Gasteiger partial charge on any atom is 0.408 e. The van der Waals surface area contributed by atoms with Gasteiger partial charge in [0.15, 0.2) is 6.10 Å². The third-order valence-corrected chi connectivity index (χ3v) is 5.52. The van der Waals surface area contributed by atoms with Crippen molar-refractivity contribution in [1.29, 1.82) is 0 Å². The van der Waals surface area contributed by atoms with Crippen LogP contribution in [0.1, 0.15) is 26.3 Å². The number of carbonyl (C=O) groups is 2. The molecular weight excluding hydrogens is 329 g/mol. The summed E-state index contributed by atoms with van der Waals surface area (Å²) in [6.45, 7) is 7.67. The molecule has 1 amide bonds. The van der Waals surface area contributed by atoms with E-state index < -0.39 is 26.3 Å². The Balaban J connectivity index is 2.55. The van der Waals surface area contributed by atoms with Crippen molar-refractivity contribution in [2.24, 2.45) is 5.92 Å². The van der Waals surface area contributed by atoms with Crippen LogP contribution in [0.5, 0.6) is 0 Å². The van der Waals surface area contributed by atoms with Crippen LogP contribution in [0, 0.1) is 5.92 Å². The second-order valence-electron chi connectivity index (χ2n) is 5.71. The molecule has 0 aliphatic rings. The first-order chi connectivity index (χ1) is 11.3. The fraction of sp³-hybridized carbons (Fsp3) is 0.529. The highest BCUT2D eigenvalue weighted by atomic mass is 31.1. The maximum absolute atomic E-state index is 12.0. The molecule has 1 rings (SSSR count). The predicted octanol–water partition coefficient (Wildman–Crippen LogP) is 3.50. The average molecular weight is 355 g/mol. The molecule has 1 aromatic rings. The van der Waals surface area contributed by atoms with Crippen LogP contribution in [-0.4, -0.2) is 37.7 Å². The summed E-state index contributed by atoms with van der Waals surface area (Å²) in [5.41, 5.74) is 0.920. The van der Waals surface area contributed by atoms with Crippen LogP contribution in [0.15, 0.2) is 30.3 Å². The molecule has 0 spiro atoms. The Morgan fingerprint density at radius 3 is 2.33 bits per heavy atom. The van der Waals surface area contributed by atoms with Crippen molar-refractivity contribution in [3.63, 3.8) is 0 Å². The largest absolute Gasteiger partial charge is 0.467 e. The smallest absolute Gasteiger partial charge is 0.408 e. The van der Waals surface area contributed by atoms with Crippen molar-refractivity contribution in [2.45, 2.75) is 39.3 Å². The van der Waals surface area contributed by atoms with Gasteiger partial charge in [-0.05, 0) is 25.1 Å². The molecule has 6 nitrogen and oxygen atoms in total. The summed E-state index contributed by atoms with van der Waals surface area (Å²) in [6, 6.07) is 9.46. The SMILES string of the molecule is COC(=O)C(C)OP(C)C(NC(=O)OCc1ccccc1)C(C)C. The number of alkyl carbamates (subject to hydrolysis) is 1. The number of benzene rings is 1. The minimum atomic E-state index is -1.07. The Morgan fingerprint density at radius 2 is 1.79 bits per heavy atom. The van der Waals surface area contributed by atoms with Crippen LogP contribution in [0.3, 0.4) is 0 Å². The Morgan fingerprint density at radius 1 is 1.17 bits per heavy atom. The Bertz CT molecular complexity index is 523. The summed E-state index contributed by atoms with van der Waals surface area (Å²) in [5, 5.41) is 2.84. The van der Waals surface area contributed by atoms with E-state index in [1.807, 2.05) is 50.8 Å². The van der Waals surface area contributed by atoms with Gasteiger partial charge in [0, 0.05) is 0 Å². The number of nitrogens with one attached hydrogen (secondary N) is 1. The van der Waals surface area contributed by atoms with E-state index in [0.29, 0.717) is 0 Å². The highest BCUT2D eigenvalue weighted by Crippen LogP contribution is 2.42. The van der Waals surface area contributed by atoms with Gasteiger partial charge in [0.05, 0.1) is 21.0 Å². The average Bonchev–Trinajstić information content (AvgIpc) is 2.57. The van der Waals surface area contributed by atoms with Gasteiger partial charge in [0.2, 0.25) is 0 Å². The van der Waals surface area contributed by atoms with Crippen molar-refractivity contribution in [1.82, 2.24) is 5.32 Å². The lowest BCUT2D eigenvalue weighted by atomic mass is 10.2. The molecule has 0 aliphatic heterocycles. The molecule has 0 radical (unpaired) electrons. The number of ether oxygens (including phenoxy) is 2. The third kappa shape index (κ3) is 6.85.